The molecule has 0 aromatic carbocycles. The van der Waals surface area contributed by atoms with E-state index >= 15 is 0 Å². The number of alkyl halides is 2. The number of aromatic nitrogens is 7. The zero-order valence-corrected chi connectivity index (χ0v) is 17.8. The summed E-state index contributed by atoms with van der Waals surface area (Å²) in [5.74, 6) is -1.93. The number of fused-ring (bicyclic) bond motifs is 2. The van der Waals surface area contributed by atoms with E-state index in [2.05, 4.69) is 20.2 Å². The quantitative estimate of drug-likeness (QED) is 0.495. The van der Waals surface area contributed by atoms with Crippen LogP contribution in [0.2, 0.25) is 5.02 Å². The zero-order chi connectivity index (χ0) is 22.0. The maximum atomic E-state index is 13.6. The number of aromatic amines is 1. The van der Waals surface area contributed by atoms with E-state index in [4.69, 9.17) is 16.6 Å². The van der Waals surface area contributed by atoms with Gasteiger partial charge in [-0.25, -0.2) is 27.9 Å². The third-order valence-electron chi connectivity index (χ3n) is 6.83. The first-order valence-electron chi connectivity index (χ1n) is 10.7. The minimum atomic E-state index is -2.62. The van der Waals surface area contributed by atoms with Gasteiger partial charge in [-0.15, -0.1) is 0 Å². The fraction of sp³-hybridized carbons (Fsp3) is 0.476. The van der Waals surface area contributed by atoms with Crippen molar-refractivity contribution >= 4 is 28.3 Å². The summed E-state index contributed by atoms with van der Waals surface area (Å²) < 4.78 is 30.6. The van der Waals surface area contributed by atoms with E-state index in [-0.39, 0.29) is 36.3 Å². The molecule has 0 radical (unpaired) electrons. The van der Waals surface area contributed by atoms with Gasteiger partial charge in [0.25, 0.3) is 5.56 Å². The summed E-state index contributed by atoms with van der Waals surface area (Å²) in [5, 5.41) is 9.49. The first-order valence-corrected chi connectivity index (χ1v) is 11.1. The number of nitrogens with zero attached hydrogens (tertiary/aromatic N) is 6. The molecule has 11 heteroatoms. The van der Waals surface area contributed by atoms with Gasteiger partial charge >= 0.3 is 0 Å². The van der Waals surface area contributed by atoms with Crippen molar-refractivity contribution in [2.24, 2.45) is 0 Å². The molecule has 2 aliphatic rings. The van der Waals surface area contributed by atoms with E-state index in [1.807, 2.05) is 6.20 Å². The normalized spacial score (nSPS) is 23.6. The molecule has 32 heavy (non-hydrogen) atoms. The van der Waals surface area contributed by atoms with Gasteiger partial charge in [0.05, 0.1) is 35.3 Å². The highest BCUT2D eigenvalue weighted by Gasteiger charge is 2.39. The summed E-state index contributed by atoms with van der Waals surface area (Å²) in [6.45, 7) is 0. The fourth-order valence-electron chi connectivity index (χ4n) is 4.90. The summed E-state index contributed by atoms with van der Waals surface area (Å²) in [5.41, 5.74) is 1.75. The maximum Gasteiger partial charge on any atom is 0.262 e. The highest BCUT2D eigenvalue weighted by atomic mass is 35.5. The molecule has 4 aromatic heterocycles. The summed E-state index contributed by atoms with van der Waals surface area (Å²) in [7, 11) is 0. The lowest BCUT2D eigenvalue weighted by Gasteiger charge is -2.34. The van der Waals surface area contributed by atoms with Crippen LogP contribution in [0.15, 0.2) is 29.5 Å². The minimum Gasteiger partial charge on any atom is -0.310 e. The van der Waals surface area contributed by atoms with Crippen LogP contribution in [-0.2, 0) is 0 Å². The highest BCUT2D eigenvalue weighted by Crippen LogP contribution is 2.47. The van der Waals surface area contributed by atoms with Crippen molar-refractivity contribution in [3.63, 3.8) is 0 Å². The molecular formula is C21H20ClF2N7O. The number of hydrogen-bond acceptors (Lipinski definition) is 5. The Morgan fingerprint density at radius 2 is 1.84 bits per heavy atom. The Labute approximate surface area is 185 Å². The Bertz CT molecular complexity index is 1380. The maximum absolute atomic E-state index is 13.6. The summed E-state index contributed by atoms with van der Waals surface area (Å²) in [6, 6.07) is 1.57. The smallest absolute Gasteiger partial charge is 0.262 e. The molecule has 6 rings (SSSR count). The Hall–Kier alpha value is -2.88. The van der Waals surface area contributed by atoms with Crippen molar-refractivity contribution in [3.8, 4) is 0 Å². The van der Waals surface area contributed by atoms with Crippen LogP contribution in [0.25, 0.3) is 16.7 Å². The van der Waals surface area contributed by atoms with E-state index in [1.165, 1.54) is 6.20 Å². The molecule has 0 unspecified atom stereocenters. The third kappa shape index (κ3) is 3.19. The SMILES string of the molecule is O=c1[nH]c([C@H]2CC[C@H]2c2cn3ncc(Cl)cc3n2)nc2c1cnn2C1CCC(F)(F)CC1. The molecule has 2 saturated carbocycles. The average molecular weight is 460 g/mol. The second-order valence-corrected chi connectivity index (χ2v) is 9.23. The van der Waals surface area contributed by atoms with Crippen molar-refractivity contribution in [1.82, 2.24) is 34.3 Å². The molecule has 2 atom stereocenters. The Balaban J connectivity index is 1.34. The molecule has 4 heterocycles. The Morgan fingerprint density at radius 3 is 2.59 bits per heavy atom. The molecule has 2 fully saturated rings. The minimum absolute atomic E-state index is 0.00604. The zero-order valence-electron chi connectivity index (χ0n) is 17.0. The molecule has 0 amide bonds. The number of hydrogen-bond donors (Lipinski definition) is 1. The van der Waals surface area contributed by atoms with Crippen LogP contribution in [0.5, 0.6) is 0 Å². The lowest BCUT2D eigenvalue weighted by atomic mass is 9.71. The van der Waals surface area contributed by atoms with Crippen LogP contribution in [0.4, 0.5) is 8.78 Å². The molecule has 2 aliphatic carbocycles. The average Bonchev–Trinajstić information content (AvgIpc) is 3.31. The molecule has 0 saturated heterocycles. The second-order valence-electron chi connectivity index (χ2n) is 8.80. The number of imidazole rings is 1. The topological polar surface area (TPSA) is 93.8 Å². The van der Waals surface area contributed by atoms with Gasteiger partial charge in [0, 0.05) is 30.7 Å². The van der Waals surface area contributed by atoms with Crippen LogP contribution >= 0.6 is 11.6 Å². The van der Waals surface area contributed by atoms with Gasteiger partial charge in [-0.05, 0) is 25.7 Å². The lowest BCUT2D eigenvalue weighted by molar-refractivity contribution is -0.0446. The molecule has 0 bridgehead atoms. The van der Waals surface area contributed by atoms with E-state index in [1.54, 1.807) is 21.5 Å². The van der Waals surface area contributed by atoms with Gasteiger partial charge in [-0.3, -0.25) is 4.79 Å². The molecule has 1 N–H and O–H groups in total. The summed E-state index contributed by atoms with van der Waals surface area (Å²) in [4.78, 5) is 25.1. The predicted molar refractivity (Wildman–Crippen MR) is 113 cm³/mol. The molecule has 8 nitrogen and oxygen atoms in total. The van der Waals surface area contributed by atoms with Crippen molar-refractivity contribution in [1.29, 1.82) is 0 Å². The van der Waals surface area contributed by atoms with Crippen LogP contribution in [0, 0.1) is 0 Å². The van der Waals surface area contributed by atoms with Crippen LogP contribution in [-0.4, -0.2) is 40.3 Å². The van der Waals surface area contributed by atoms with Gasteiger partial charge in [-0.1, -0.05) is 11.6 Å². The first kappa shape index (κ1) is 19.8. The monoisotopic (exact) mass is 459 g/mol. The number of rotatable bonds is 3. The van der Waals surface area contributed by atoms with E-state index in [9.17, 15) is 13.6 Å². The van der Waals surface area contributed by atoms with E-state index < -0.39 is 5.92 Å². The predicted octanol–water partition coefficient (Wildman–Crippen LogP) is 4.23. The standard InChI is InChI=1S/C21H20ClF2N7O/c22-11-7-17-27-16(10-30(17)25-8-11)13-1-2-14(13)18-28-19-15(20(32)29-18)9-26-31(19)12-3-5-21(23,24)6-4-12/h7-10,12-14H,1-6H2,(H,28,29,32)/t13-,14+/m1/s1. The molecule has 166 valence electrons. The lowest BCUT2D eigenvalue weighted by Crippen LogP contribution is -2.28. The molecule has 0 spiro atoms. The van der Waals surface area contributed by atoms with E-state index in [0.717, 1.165) is 18.5 Å². The number of nitrogens with one attached hydrogen (secondary N) is 1. The van der Waals surface area contributed by atoms with Crippen molar-refractivity contribution in [2.75, 3.05) is 0 Å². The van der Waals surface area contributed by atoms with E-state index in [0.29, 0.717) is 40.4 Å². The van der Waals surface area contributed by atoms with Crippen LogP contribution in [0.3, 0.4) is 0 Å². The van der Waals surface area contributed by atoms with Gasteiger partial charge in [-0.2, -0.15) is 10.2 Å². The van der Waals surface area contributed by atoms with Crippen molar-refractivity contribution < 1.29 is 8.78 Å². The third-order valence-corrected chi connectivity index (χ3v) is 7.03. The number of halogens is 3. The Kier molecular flexibility index (Phi) is 4.36. The van der Waals surface area contributed by atoms with Crippen LogP contribution in [0.1, 0.15) is 67.9 Å². The fourth-order valence-corrected chi connectivity index (χ4v) is 5.04. The number of H-pyrrole nitrogens is 1. The largest absolute Gasteiger partial charge is 0.310 e. The molecular weight excluding hydrogens is 440 g/mol. The van der Waals surface area contributed by atoms with Crippen LogP contribution < -0.4 is 5.56 Å². The summed E-state index contributed by atoms with van der Waals surface area (Å²) >= 11 is 6.02. The van der Waals surface area contributed by atoms with Crippen molar-refractivity contribution in [3.05, 3.63) is 51.6 Å². The van der Waals surface area contributed by atoms with Gasteiger partial charge in [0.1, 0.15) is 11.2 Å². The van der Waals surface area contributed by atoms with Gasteiger partial charge < -0.3 is 4.98 Å². The highest BCUT2D eigenvalue weighted by molar-refractivity contribution is 6.30. The second kappa shape index (κ2) is 7.06. The Morgan fingerprint density at radius 1 is 1.06 bits per heavy atom. The van der Waals surface area contributed by atoms with Gasteiger partial charge in [0.15, 0.2) is 11.3 Å². The molecule has 4 aromatic rings. The first-order chi connectivity index (χ1) is 15.4. The van der Waals surface area contributed by atoms with Crippen molar-refractivity contribution in [2.45, 2.75) is 62.3 Å². The summed E-state index contributed by atoms with van der Waals surface area (Å²) in [6.07, 6.45) is 6.99. The molecule has 0 aliphatic heterocycles. The van der Waals surface area contributed by atoms with Gasteiger partial charge in [0.2, 0.25) is 5.92 Å².